The van der Waals surface area contributed by atoms with Crippen molar-refractivity contribution >= 4 is 44.4 Å². The van der Waals surface area contributed by atoms with Crippen LogP contribution in [0.2, 0.25) is 0 Å². The first-order chi connectivity index (χ1) is 11.2. The van der Waals surface area contributed by atoms with E-state index in [4.69, 9.17) is 0 Å². The highest BCUT2D eigenvalue weighted by Crippen LogP contribution is 2.25. The molecule has 5 nitrogen and oxygen atoms in total. The van der Waals surface area contributed by atoms with Gasteiger partial charge in [-0.15, -0.1) is 11.8 Å². The van der Waals surface area contributed by atoms with Crippen LogP contribution in [0, 0.1) is 5.92 Å². The molecule has 0 saturated heterocycles. The first kappa shape index (κ1) is 16.0. The summed E-state index contributed by atoms with van der Waals surface area (Å²) in [5.41, 5.74) is 1.05. The van der Waals surface area contributed by atoms with E-state index in [1.807, 2.05) is 36.8 Å². The van der Waals surface area contributed by atoms with Crippen LogP contribution >= 0.6 is 23.1 Å². The van der Waals surface area contributed by atoms with Gasteiger partial charge in [-0.3, -0.25) is 0 Å². The van der Waals surface area contributed by atoms with Crippen molar-refractivity contribution in [1.29, 1.82) is 0 Å². The smallest absolute Gasteiger partial charge is 0.222 e. The first-order valence-electron chi connectivity index (χ1n) is 7.44. The van der Waals surface area contributed by atoms with Crippen molar-refractivity contribution < 1.29 is 0 Å². The summed E-state index contributed by atoms with van der Waals surface area (Å²) in [5.74, 6) is 1.11. The fourth-order valence-corrected chi connectivity index (χ4v) is 3.25. The number of thioether (sulfide) groups is 1. The number of hydrogen-bond donors (Lipinski definition) is 2. The molecule has 7 heteroatoms. The minimum atomic E-state index is 0.436. The van der Waals surface area contributed by atoms with Gasteiger partial charge in [0.1, 0.15) is 0 Å². The number of hydrogen-bond acceptors (Lipinski definition) is 7. The zero-order valence-electron chi connectivity index (χ0n) is 13.1. The third-order valence-electron chi connectivity index (χ3n) is 3.37. The Hall–Kier alpha value is -1.86. The quantitative estimate of drug-likeness (QED) is 0.632. The molecule has 0 bridgehead atoms. The van der Waals surface area contributed by atoms with Crippen molar-refractivity contribution in [1.82, 2.24) is 15.0 Å². The number of fused-ring (bicyclic) bond motifs is 1. The second-order valence-corrected chi connectivity index (χ2v) is 7.21. The summed E-state index contributed by atoms with van der Waals surface area (Å²) >= 11 is 3.33. The molecule has 0 aliphatic carbocycles. The van der Waals surface area contributed by atoms with E-state index in [2.05, 4.69) is 38.6 Å². The molecule has 0 unspecified atom stereocenters. The highest BCUT2D eigenvalue weighted by Gasteiger charge is 2.06. The van der Waals surface area contributed by atoms with E-state index in [-0.39, 0.29) is 0 Å². The van der Waals surface area contributed by atoms with E-state index in [0.717, 1.165) is 28.6 Å². The van der Waals surface area contributed by atoms with E-state index < -0.39 is 0 Å². The Morgan fingerprint density at radius 3 is 2.61 bits per heavy atom. The average molecular weight is 345 g/mol. The lowest BCUT2D eigenvalue weighted by Gasteiger charge is -2.13. The van der Waals surface area contributed by atoms with Gasteiger partial charge in [0.25, 0.3) is 0 Å². The van der Waals surface area contributed by atoms with Gasteiger partial charge in [-0.05, 0) is 24.3 Å². The molecule has 23 heavy (non-hydrogen) atoms. The lowest BCUT2D eigenvalue weighted by molar-refractivity contribution is 0.645. The maximum atomic E-state index is 4.58. The predicted molar refractivity (Wildman–Crippen MR) is 99.6 cm³/mol. The predicted octanol–water partition coefficient (Wildman–Crippen LogP) is 3.97. The van der Waals surface area contributed by atoms with Crippen LogP contribution in [0.3, 0.4) is 0 Å². The molecule has 2 aromatic heterocycles. The van der Waals surface area contributed by atoms with Crippen LogP contribution in [0.25, 0.3) is 10.2 Å². The topological polar surface area (TPSA) is 62.7 Å². The van der Waals surface area contributed by atoms with Crippen molar-refractivity contribution in [2.75, 3.05) is 30.0 Å². The Morgan fingerprint density at radius 2 is 1.87 bits per heavy atom. The van der Waals surface area contributed by atoms with Crippen molar-refractivity contribution in [3.63, 3.8) is 0 Å². The third kappa shape index (κ3) is 4.33. The minimum Gasteiger partial charge on any atom is -0.361 e. The van der Waals surface area contributed by atoms with Gasteiger partial charge in [0.15, 0.2) is 5.13 Å². The first-order valence-corrected chi connectivity index (χ1v) is 9.48. The Balaban J connectivity index is 1.47. The highest BCUT2D eigenvalue weighted by molar-refractivity contribution is 7.98. The minimum absolute atomic E-state index is 0.436. The maximum absolute atomic E-state index is 4.58. The van der Waals surface area contributed by atoms with E-state index in [1.165, 1.54) is 4.70 Å². The molecular formula is C16H19N5S2. The van der Waals surface area contributed by atoms with Crippen molar-refractivity contribution in [2.24, 2.45) is 5.92 Å². The SMILES string of the molecule is CSc1cnc(NC[C@H](C)CNc2nc3ccccc3s2)nc1. The van der Waals surface area contributed by atoms with Gasteiger partial charge in [-0.2, -0.15) is 0 Å². The Kier molecular flexibility index (Phi) is 5.30. The highest BCUT2D eigenvalue weighted by atomic mass is 32.2. The Morgan fingerprint density at radius 1 is 1.13 bits per heavy atom. The van der Waals surface area contributed by atoms with Crippen LogP contribution in [0.5, 0.6) is 0 Å². The number of nitrogens with zero attached hydrogens (tertiary/aromatic N) is 3. The molecular weight excluding hydrogens is 326 g/mol. The summed E-state index contributed by atoms with van der Waals surface area (Å²) in [4.78, 5) is 14.2. The molecule has 2 heterocycles. The number of aromatic nitrogens is 3. The molecule has 0 spiro atoms. The molecule has 1 aromatic carbocycles. The Bertz CT molecular complexity index is 724. The third-order valence-corrected chi connectivity index (χ3v) is 5.04. The number of benzene rings is 1. The molecule has 0 radical (unpaired) electrons. The lowest BCUT2D eigenvalue weighted by atomic mass is 10.2. The zero-order valence-corrected chi connectivity index (χ0v) is 14.7. The standard InChI is InChI=1S/C16H19N5S2/c1-11(7-17-15-18-9-12(22-2)10-19-15)8-20-16-21-13-5-3-4-6-14(13)23-16/h3-6,9-11H,7-8H2,1-2H3,(H,20,21)(H,17,18,19)/t11-/m0/s1. The van der Waals surface area contributed by atoms with Crippen molar-refractivity contribution in [2.45, 2.75) is 11.8 Å². The van der Waals surface area contributed by atoms with Crippen molar-refractivity contribution in [3.05, 3.63) is 36.7 Å². The molecule has 1 atom stereocenters. The molecule has 2 N–H and O–H groups in total. The van der Waals surface area contributed by atoms with Gasteiger partial charge in [0.05, 0.1) is 10.2 Å². The van der Waals surface area contributed by atoms with Crippen LogP contribution in [-0.2, 0) is 0 Å². The molecule has 0 amide bonds. The number of rotatable bonds is 7. The van der Waals surface area contributed by atoms with Crippen molar-refractivity contribution in [3.8, 4) is 0 Å². The normalized spacial score (nSPS) is 12.3. The van der Waals surface area contributed by atoms with Gasteiger partial charge in [-0.25, -0.2) is 15.0 Å². The fourth-order valence-electron chi connectivity index (χ4n) is 2.06. The van der Waals surface area contributed by atoms with Gasteiger partial charge >= 0.3 is 0 Å². The Labute approximate surface area is 144 Å². The van der Waals surface area contributed by atoms with Crippen LogP contribution in [0.15, 0.2) is 41.6 Å². The number of anilines is 2. The molecule has 0 aliphatic rings. The largest absolute Gasteiger partial charge is 0.361 e. The number of nitrogens with one attached hydrogen (secondary N) is 2. The molecule has 3 rings (SSSR count). The number of thiazole rings is 1. The summed E-state index contributed by atoms with van der Waals surface area (Å²) in [7, 11) is 0. The number of para-hydroxylation sites is 1. The monoisotopic (exact) mass is 345 g/mol. The average Bonchev–Trinajstić information content (AvgIpc) is 3.01. The fraction of sp³-hybridized carbons (Fsp3) is 0.312. The van der Waals surface area contributed by atoms with Gasteiger partial charge in [-0.1, -0.05) is 30.4 Å². The maximum Gasteiger partial charge on any atom is 0.222 e. The van der Waals surface area contributed by atoms with Crippen LogP contribution in [0.4, 0.5) is 11.1 Å². The van der Waals surface area contributed by atoms with Gasteiger partial charge in [0.2, 0.25) is 5.95 Å². The molecule has 120 valence electrons. The summed E-state index contributed by atoms with van der Waals surface area (Å²) < 4.78 is 1.21. The summed E-state index contributed by atoms with van der Waals surface area (Å²) in [6, 6.07) is 8.19. The van der Waals surface area contributed by atoms with Crippen LogP contribution in [0.1, 0.15) is 6.92 Å². The van der Waals surface area contributed by atoms with Gasteiger partial charge < -0.3 is 10.6 Å². The van der Waals surface area contributed by atoms with Crippen LogP contribution in [-0.4, -0.2) is 34.3 Å². The zero-order chi connectivity index (χ0) is 16.1. The molecule has 3 aromatic rings. The van der Waals surface area contributed by atoms with E-state index >= 15 is 0 Å². The van der Waals surface area contributed by atoms with E-state index in [1.54, 1.807) is 23.1 Å². The van der Waals surface area contributed by atoms with E-state index in [0.29, 0.717) is 11.9 Å². The molecule has 0 saturated carbocycles. The molecule has 0 aliphatic heterocycles. The lowest BCUT2D eigenvalue weighted by Crippen LogP contribution is -2.20. The summed E-state index contributed by atoms with van der Waals surface area (Å²) in [6.07, 6.45) is 5.69. The summed E-state index contributed by atoms with van der Waals surface area (Å²) in [5, 5.41) is 7.65. The second kappa shape index (κ2) is 7.61. The van der Waals surface area contributed by atoms with E-state index in [9.17, 15) is 0 Å². The molecule has 0 fully saturated rings. The van der Waals surface area contributed by atoms with Crippen LogP contribution < -0.4 is 10.6 Å². The van der Waals surface area contributed by atoms with Gasteiger partial charge in [0, 0.05) is 30.4 Å². The summed E-state index contributed by atoms with van der Waals surface area (Å²) in [6.45, 7) is 3.86. The second-order valence-electron chi connectivity index (χ2n) is 5.30.